The monoisotopic (exact) mass is 473 g/mol. The molecule has 178 valence electrons. The minimum absolute atomic E-state index is 0.156. The van der Waals surface area contributed by atoms with Gasteiger partial charge in [-0.25, -0.2) is 8.42 Å². The maximum atomic E-state index is 13.3. The molecule has 0 radical (unpaired) electrons. The largest absolute Gasteiger partial charge is 0.482 e. The van der Waals surface area contributed by atoms with E-state index in [1.165, 1.54) is 4.31 Å². The third kappa shape index (κ3) is 4.65. The Morgan fingerprint density at radius 1 is 1.06 bits per heavy atom. The molecule has 1 N–H and O–H groups in total. The molecule has 2 aromatic carbocycles. The van der Waals surface area contributed by atoms with Gasteiger partial charge in [-0.1, -0.05) is 26.0 Å². The Hall–Kier alpha value is -2.78. The first-order valence-corrected chi connectivity index (χ1v) is 12.9. The number of amides is 1. The van der Waals surface area contributed by atoms with Gasteiger partial charge in [0.1, 0.15) is 6.10 Å². The Balaban J connectivity index is 1.65. The van der Waals surface area contributed by atoms with Gasteiger partial charge in [0.15, 0.2) is 11.5 Å². The fourth-order valence-electron chi connectivity index (χ4n) is 4.33. The van der Waals surface area contributed by atoms with Crippen molar-refractivity contribution >= 4 is 27.3 Å². The predicted molar refractivity (Wildman–Crippen MR) is 128 cm³/mol. The number of sulfonamides is 1. The lowest BCUT2D eigenvalue weighted by Gasteiger charge is -2.31. The average molecular weight is 474 g/mol. The fourth-order valence-corrected chi connectivity index (χ4v) is 5.82. The first-order chi connectivity index (χ1) is 15.8. The minimum Gasteiger partial charge on any atom is -0.482 e. The molecule has 4 rings (SSSR count). The van der Waals surface area contributed by atoms with Gasteiger partial charge in [0.05, 0.1) is 16.3 Å². The lowest BCUT2D eigenvalue weighted by Crippen LogP contribution is -2.46. The quantitative estimate of drug-likeness (QED) is 0.662. The molecule has 2 aromatic rings. The van der Waals surface area contributed by atoms with Crippen LogP contribution in [-0.2, 0) is 14.8 Å². The molecule has 0 aromatic heterocycles. The van der Waals surface area contributed by atoms with Crippen molar-refractivity contribution < 1.29 is 22.7 Å². The van der Waals surface area contributed by atoms with Crippen LogP contribution in [0.1, 0.15) is 33.6 Å². The van der Waals surface area contributed by atoms with E-state index in [0.717, 1.165) is 31.6 Å². The van der Waals surface area contributed by atoms with Crippen LogP contribution in [0.25, 0.3) is 0 Å². The molecular formula is C24H31N3O5S. The number of hydrogen-bond acceptors (Lipinski definition) is 6. The number of para-hydroxylation sites is 2. The summed E-state index contributed by atoms with van der Waals surface area (Å²) in [7, 11) is -3.67. The van der Waals surface area contributed by atoms with Crippen LogP contribution in [0.5, 0.6) is 11.5 Å². The number of nitrogens with one attached hydrogen (secondary N) is 1. The second-order valence-electron chi connectivity index (χ2n) is 8.26. The molecule has 2 heterocycles. The Labute approximate surface area is 195 Å². The second-order valence-corrected chi connectivity index (χ2v) is 10.2. The Morgan fingerprint density at radius 3 is 2.33 bits per heavy atom. The zero-order chi connectivity index (χ0) is 23.6. The van der Waals surface area contributed by atoms with Crippen molar-refractivity contribution in [3.63, 3.8) is 0 Å². The first kappa shape index (κ1) is 23.4. The van der Waals surface area contributed by atoms with Crippen LogP contribution in [0.3, 0.4) is 0 Å². The number of benzene rings is 2. The molecule has 2 aliphatic heterocycles. The zero-order valence-electron chi connectivity index (χ0n) is 19.3. The summed E-state index contributed by atoms with van der Waals surface area (Å²) in [4.78, 5) is 15.6. The summed E-state index contributed by atoms with van der Waals surface area (Å²) in [6, 6.07) is 12.2. The molecule has 0 spiro atoms. The van der Waals surface area contributed by atoms with E-state index in [1.807, 2.05) is 26.0 Å². The molecule has 0 saturated carbocycles. The zero-order valence-corrected chi connectivity index (χ0v) is 20.1. The lowest BCUT2D eigenvalue weighted by atomic mass is 10.1. The summed E-state index contributed by atoms with van der Waals surface area (Å²) < 4.78 is 39.4. The molecular weight excluding hydrogens is 442 g/mol. The number of carbonyl (C=O) groups excluding carboxylic acids is 1. The highest BCUT2D eigenvalue weighted by Gasteiger charge is 2.35. The number of rotatable bonds is 7. The van der Waals surface area contributed by atoms with Crippen LogP contribution in [0.2, 0.25) is 0 Å². The summed E-state index contributed by atoms with van der Waals surface area (Å²) in [5.41, 5.74) is 1.27. The maximum Gasteiger partial charge on any atom is 0.269 e. The van der Waals surface area contributed by atoms with Crippen molar-refractivity contribution in [2.45, 2.75) is 50.7 Å². The molecule has 33 heavy (non-hydrogen) atoms. The second kappa shape index (κ2) is 9.61. The summed E-state index contributed by atoms with van der Waals surface area (Å²) in [6.45, 7) is 7.86. The molecule has 0 aliphatic carbocycles. The normalized spacial score (nSPS) is 20.2. The molecule has 1 amide bonds. The Kier molecular flexibility index (Phi) is 6.81. The van der Waals surface area contributed by atoms with Crippen molar-refractivity contribution in [2.24, 2.45) is 0 Å². The third-order valence-corrected chi connectivity index (χ3v) is 8.16. The molecule has 9 heteroatoms. The highest BCUT2D eigenvalue weighted by Crippen LogP contribution is 2.35. The van der Waals surface area contributed by atoms with Crippen LogP contribution in [0, 0.1) is 0 Å². The van der Waals surface area contributed by atoms with Crippen molar-refractivity contribution in [1.82, 2.24) is 4.31 Å². The SMILES string of the molecule is CCN(CC)S(=O)(=O)c1ccc(N2CCCC2)c(NC(=O)[C@@H]2Oc3ccccc3O[C@@H]2C)c1. The van der Waals surface area contributed by atoms with Crippen molar-refractivity contribution in [3.05, 3.63) is 42.5 Å². The van der Waals surface area contributed by atoms with Gasteiger partial charge in [0.2, 0.25) is 16.1 Å². The standard InChI is InChI=1S/C24H31N3O5S/c1-4-27(5-2)33(29,30)18-12-13-20(26-14-8-9-15-26)19(16-18)25-24(28)23-17(3)31-21-10-6-7-11-22(21)32-23/h6-7,10-13,16-17,23H,4-5,8-9,14-15H2,1-3H3,(H,25,28)/t17-,23-/m1/s1. The van der Waals surface area contributed by atoms with E-state index in [2.05, 4.69) is 10.2 Å². The molecule has 1 saturated heterocycles. The van der Waals surface area contributed by atoms with Crippen molar-refractivity contribution in [1.29, 1.82) is 0 Å². The molecule has 2 aliphatic rings. The van der Waals surface area contributed by atoms with Crippen LogP contribution >= 0.6 is 0 Å². The van der Waals surface area contributed by atoms with E-state index < -0.39 is 22.2 Å². The number of anilines is 2. The summed E-state index contributed by atoms with van der Waals surface area (Å²) in [5.74, 6) is 0.724. The third-order valence-electron chi connectivity index (χ3n) is 6.12. The van der Waals surface area contributed by atoms with Crippen LogP contribution in [0.4, 0.5) is 11.4 Å². The minimum atomic E-state index is -3.67. The molecule has 0 unspecified atom stereocenters. The van der Waals surface area contributed by atoms with E-state index in [1.54, 1.807) is 37.3 Å². The Bertz CT molecular complexity index is 1110. The van der Waals surface area contributed by atoms with Gasteiger partial charge >= 0.3 is 0 Å². The van der Waals surface area contributed by atoms with Gasteiger partial charge in [0, 0.05) is 26.2 Å². The number of ether oxygens (including phenoxy) is 2. The lowest BCUT2D eigenvalue weighted by molar-refractivity contribution is -0.128. The first-order valence-electron chi connectivity index (χ1n) is 11.5. The highest BCUT2D eigenvalue weighted by molar-refractivity contribution is 7.89. The molecule has 2 atom stereocenters. The molecule has 1 fully saturated rings. The van der Waals surface area contributed by atoms with E-state index in [0.29, 0.717) is 30.3 Å². The number of fused-ring (bicyclic) bond motifs is 1. The van der Waals surface area contributed by atoms with Gasteiger partial charge < -0.3 is 19.7 Å². The number of hydrogen-bond donors (Lipinski definition) is 1. The topological polar surface area (TPSA) is 88.2 Å². The van der Waals surface area contributed by atoms with E-state index in [-0.39, 0.29) is 10.8 Å². The maximum absolute atomic E-state index is 13.3. The molecule has 0 bridgehead atoms. The van der Waals surface area contributed by atoms with Gasteiger partial charge in [-0.15, -0.1) is 0 Å². The highest BCUT2D eigenvalue weighted by atomic mass is 32.2. The summed E-state index contributed by atoms with van der Waals surface area (Å²) >= 11 is 0. The van der Waals surface area contributed by atoms with Crippen molar-refractivity contribution in [3.8, 4) is 11.5 Å². The van der Waals surface area contributed by atoms with Gasteiger partial charge in [0.25, 0.3) is 5.91 Å². The van der Waals surface area contributed by atoms with Gasteiger partial charge in [-0.2, -0.15) is 4.31 Å². The van der Waals surface area contributed by atoms with Crippen LogP contribution in [0.15, 0.2) is 47.4 Å². The van der Waals surface area contributed by atoms with E-state index >= 15 is 0 Å². The predicted octanol–water partition coefficient (Wildman–Crippen LogP) is 3.48. The fraction of sp³-hybridized carbons (Fsp3) is 0.458. The number of carbonyl (C=O) groups is 1. The average Bonchev–Trinajstić information content (AvgIpc) is 3.34. The summed E-state index contributed by atoms with van der Waals surface area (Å²) in [5, 5.41) is 2.94. The van der Waals surface area contributed by atoms with Crippen LogP contribution < -0.4 is 19.7 Å². The van der Waals surface area contributed by atoms with E-state index in [9.17, 15) is 13.2 Å². The van der Waals surface area contributed by atoms with Gasteiger partial charge in [-0.3, -0.25) is 4.79 Å². The number of nitrogens with zero attached hydrogens (tertiary/aromatic N) is 2. The molecule has 8 nitrogen and oxygen atoms in total. The van der Waals surface area contributed by atoms with E-state index in [4.69, 9.17) is 9.47 Å². The van der Waals surface area contributed by atoms with Crippen LogP contribution in [-0.4, -0.2) is 57.0 Å². The summed E-state index contributed by atoms with van der Waals surface area (Å²) in [6.07, 6.45) is 0.743. The smallest absolute Gasteiger partial charge is 0.269 e. The Morgan fingerprint density at radius 2 is 1.70 bits per heavy atom. The van der Waals surface area contributed by atoms with Gasteiger partial charge in [-0.05, 0) is 50.1 Å². The van der Waals surface area contributed by atoms with Crippen molar-refractivity contribution in [2.75, 3.05) is 36.4 Å².